The number of aldehydes is 3. The summed E-state index contributed by atoms with van der Waals surface area (Å²) in [4.78, 5) is 213. The fourth-order valence-electron chi connectivity index (χ4n) is 13.6. The highest BCUT2D eigenvalue weighted by atomic mass is 16.7. The van der Waals surface area contributed by atoms with Crippen LogP contribution in [0.2, 0.25) is 0 Å². The molecule has 16 atom stereocenters. The quantitative estimate of drug-likeness (QED) is 0.0152. The summed E-state index contributed by atoms with van der Waals surface area (Å²) in [6.45, 7) is 7.72. The standard InChI is InChI=1S/C78H129N11O30/c1-49(93)111-69-56(31-41-90)117-76(66(79-7)72(69)114-52(4)96)108-44-18-10-13-26-59(99)83-35-22-38-86-63(103)47-89(48-64(104)87-39-23-36-84-60(100)27-14-11-19-45-109-77-67(80-8)73(115-53(5)97)70(112-50(2)94)57(118-77)32-42-91)55(25-16-17-34-82-62(102)29-21-30-65(105)106)75(107)88-40-24-37-85-61(101)28-15-12-20-46-110-78-68(81-9)74(116-54(6)98)71(113-51(3)95)58(119-78)33-43-92/h41-43,55-58,66-74,76-81H,10-40,44-48H2,1-9H3,(H,82,102)(H,83,99)(H,84,100)(H,85,101)(H,86,103)(H,87,104)(H,88,107)(H,105,106). The summed E-state index contributed by atoms with van der Waals surface area (Å²) in [6, 6.07) is -3.41. The second-order valence-electron chi connectivity index (χ2n) is 28.9. The predicted molar refractivity (Wildman–Crippen MR) is 419 cm³/mol. The van der Waals surface area contributed by atoms with Crippen molar-refractivity contribution in [1.29, 1.82) is 0 Å². The average Bonchev–Trinajstić information content (AvgIpc) is 0.801. The van der Waals surface area contributed by atoms with E-state index in [1.54, 1.807) is 21.1 Å². The minimum atomic E-state index is -1.10. The lowest BCUT2D eigenvalue weighted by molar-refractivity contribution is -0.271. The Hall–Kier alpha value is -8.81. The Bertz CT molecular complexity index is 3060. The van der Waals surface area contributed by atoms with Crippen LogP contribution in [-0.2, 0) is 138 Å². The first-order valence-electron chi connectivity index (χ1n) is 41.0. The van der Waals surface area contributed by atoms with E-state index in [9.17, 15) is 81.5 Å². The summed E-state index contributed by atoms with van der Waals surface area (Å²) >= 11 is 0. The van der Waals surface area contributed by atoms with E-state index in [1.165, 1.54) is 46.4 Å². The van der Waals surface area contributed by atoms with Crippen molar-refractivity contribution in [2.24, 2.45) is 0 Å². The number of amides is 7. The molecular formula is C78H129N11O30. The fraction of sp³-hybridized carbons (Fsp3) is 0.782. The van der Waals surface area contributed by atoms with Crippen LogP contribution in [0.15, 0.2) is 0 Å². The average molecular weight is 1700 g/mol. The Labute approximate surface area is 694 Å². The third-order valence-corrected chi connectivity index (χ3v) is 19.2. The van der Waals surface area contributed by atoms with Crippen molar-refractivity contribution in [3.8, 4) is 0 Å². The summed E-state index contributed by atoms with van der Waals surface area (Å²) in [7, 11) is 4.76. The van der Waals surface area contributed by atoms with E-state index >= 15 is 0 Å². The Morgan fingerprint density at radius 3 is 0.899 bits per heavy atom. The number of esters is 6. The molecule has 0 bridgehead atoms. The van der Waals surface area contributed by atoms with Gasteiger partial charge in [-0.1, -0.05) is 19.3 Å². The molecular weight excluding hydrogens is 1570 g/mol. The molecule has 119 heavy (non-hydrogen) atoms. The molecule has 3 heterocycles. The number of nitrogens with one attached hydrogen (secondary N) is 10. The molecule has 3 aliphatic heterocycles. The molecule has 0 spiro atoms. The van der Waals surface area contributed by atoms with Gasteiger partial charge in [0.05, 0.1) is 37.3 Å². The molecule has 41 nitrogen and oxygen atoms in total. The van der Waals surface area contributed by atoms with Crippen molar-refractivity contribution in [3.05, 3.63) is 0 Å². The molecule has 16 unspecified atom stereocenters. The summed E-state index contributed by atoms with van der Waals surface area (Å²) in [5, 5.41) is 37.8. The van der Waals surface area contributed by atoms with Crippen molar-refractivity contribution in [2.45, 2.75) is 294 Å². The zero-order valence-electron chi connectivity index (χ0n) is 70.2. The number of carboxylic acids is 1. The number of hydrogen-bond donors (Lipinski definition) is 11. The number of rotatable bonds is 63. The lowest BCUT2D eigenvalue weighted by Gasteiger charge is -2.44. The molecule has 41 heteroatoms. The normalized spacial score (nSPS) is 22.9. The lowest BCUT2D eigenvalue weighted by atomic mass is 9.94. The zero-order valence-corrected chi connectivity index (χ0v) is 70.2. The number of likely N-dealkylation sites (N-methyl/N-ethyl adjacent to an activating group) is 3. The Kier molecular flexibility index (Phi) is 53.2. The van der Waals surface area contributed by atoms with Crippen LogP contribution in [0.5, 0.6) is 0 Å². The maximum atomic E-state index is 14.4. The first-order chi connectivity index (χ1) is 57.0. The Morgan fingerprint density at radius 1 is 0.336 bits per heavy atom. The first kappa shape index (κ1) is 104. The van der Waals surface area contributed by atoms with Gasteiger partial charge in [-0.05, 0) is 105 Å². The largest absolute Gasteiger partial charge is 0.481 e. The number of unbranched alkanes of at least 4 members (excludes halogenated alkanes) is 7. The van der Waals surface area contributed by atoms with Crippen LogP contribution in [0, 0.1) is 0 Å². The monoisotopic (exact) mass is 1700 g/mol. The summed E-state index contributed by atoms with van der Waals surface area (Å²) in [6.07, 6.45) is -4.23. The van der Waals surface area contributed by atoms with Gasteiger partial charge in [-0.25, -0.2) is 0 Å². The lowest BCUT2D eigenvalue weighted by Crippen LogP contribution is -2.64. The number of carboxylic acid groups (broad SMARTS) is 1. The molecule has 0 aromatic rings. The second kappa shape index (κ2) is 60.6. The highest BCUT2D eigenvalue weighted by molar-refractivity contribution is 5.86. The van der Waals surface area contributed by atoms with Crippen LogP contribution in [0.1, 0.15) is 196 Å². The number of carbonyl (C=O) groups is 17. The minimum Gasteiger partial charge on any atom is -0.481 e. The highest BCUT2D eigenvalue weighted by Gasteiger charge is 2.53. The molecule has 7 amide bonds. The van der Waals surface area contributed by atoms with Crippen molar-refractivity contribution >= 4 is 102 Å². The highest BCUT2D eigenvalue weighted by Crippen LogP contribution is 2.32. The molecule has 3 fully saturated rings. The minimum absolute atomic E-state index is 0.0175. The SMILES string of the molecule is CNC1C(OCCCCCC(=O)NCCCNC(=O)CN(CC(=O)NCCCNC(=O)CCCCCOC2OC(CC=O)C(OC(C)=O)C(OC(C)=O)C2NC)C(CCCCNC(=O)CCCC(=O)O)C(=O)NCCCNC(=O)CCCCCOC2OC(CC=O)C(OC(C)=O)C(OC(C)=O)C2NC)OC(CC=O)C(OC(C)=O)C1OC(C)=O. The summed E-state index contributed by atoms with van der Waals surface area (Å²) in [5.74, 6) is -7.73. The van der Waals surface area contributed by atoms with E-state index in [1.807, 2.05) is 0 Å². The fourth-order valence-corrected chi connectivity index (χ4v) is 13.6. The van der Waals surface area contributed by atoms with Gasteiger partial charge in [0, 0.05) is 159 Å². The van der Waals surface area contributed by atoms with Crippen LogP contribution in [0.25, 0.3) is 0 Å². The van der Waals surface area contributed by atoms with Gasteiger partial charge in [0.25, 0.3) is 0 Å². The van der Waals surface area contributed by atoms with Gasteiger partial charge in [-0.15, -0.1) is 0 Å². The van der Waals surface area contributed by atoms with Crippen molar-refractivity contribution in [1.82, 2.24) is 58.1 Å². The first-order valence-corrected chi connectivity index (χ1v) is 41.0. The predicted octanol–water partition coefficient (Wildman–Crippen LogP) is -0.907. The van der Waals surface area contributed by atoms with Gasteiger partial charge >= 0.3 is 41.8 Å². The van der Waals surface area contributed by atoms with Gasteiger partial charge in [0.2, 0.25) is 41.4 Å². The van der Waals surface area contributed by atoms with Crippen LogP contribution >= 0.6 is 0 Å². The van der Waals surface area contributed by atoms with Gasteiger partial charge in [-0.3, -0.25) is 72.0 Å². The number of nitrogens with zero attached hydrogens (tertiary/aromatic N) is 1. The van der Waals surface area contributed by atoms with Crippen LogP contribution in [-0.4, -0.2) is 310 Å². The molecule has 0 saturated carbocycles. The molecule has 3 saturated heterocycles. The molecule has 3 aliphatic rings. The van der Waals surface area contributed by atoms with Crippen molar-refractivity contribution in [3.63, 3.8) is 0 Å². The van der Waals surface area contributed by atoms with E-state index in [0.717, 1.165) is 0 Å². The zero-order chi connectivity index (χ0) is 88.0. The maximum Gasteiger partial charge on any atom is 0.303 e. The Morgan fingerprint density at radius 2 is 0.613 bits per heavy atom. The maximum absolute atomic E-state index is 14.4. The topological polar surface area (TPSA) is 545 Å². The summed E-state index contributed by atoms with van der Waals surface area (Å²) in [5.41, 5.74) is 0. The number of carbonyl (C=O) groups excluding carboxylic acids is 16. The van der Waals surface area contributed by atoms with Gasteiger partial charge in [0.1, 0.15) is 37.2 Å². The summed E-state index contributed by atoms with van der Waals surface area (Å²) < 4.78 is 68.9. The molecule has 0 aromatic heterocycles. The number of ether oxygens (including phenoxy) is 12. The van der Waals surface area contributed by atoms with Gasteiger partial charge < -0.3 is 130 Å². The molecule has 0 aromatic carbocycles. The molecule has 0 aliphatic carbocycles. The van der Waals surface area contributed by atoms with E-state index in [-0.39, 0.29) is 160 Å². The van der Waals surface area contributed by atoms with Crippen LogP contribution in [0.3, 0.4) is 0 Å². The van der Waals surface area contributed by atoms with Gasteiger partial charge in [0.15, 0.2) is 55.5 Å². The molecule has 0 radical (unpaired) electrons. The van der Waals surface area contributed by atoms with Crippen LogP contribution < -0.4 is 53.2 Å². The van der Waals surface area contributed by atoms with Crippen LogP contribution in [0.4, 0.5) is 0 Å². The number of aliphatic carboxylic acids is 1. The van der Waals surface area contributed by atoms with Crippen molar-refractivity contribution < 1.29 is 143 Å². The third-order valence-electron chi connectivity index (χ3n) is 19.2. The molecule has 676 valence electrons. The van der Waals surface area contributed by atoms with E-state index in [0.29, 0.717) is 102 Å². The van der Waals surface area contributed by atoms with E-state index < -0.39 is 171 Å². The third kappa shape index (κ3) is 42.8. The second-order valence-corrected chi connectivity index (χ2v) is 28.9. The van der Waals surface area contributed by atoms with E-state index in [4.69, 9.17) is 61.9 Å². The number of hydrogen-bond acceptors (Lipinski definition) is 33. The Balaban J connectivity index is 1.64. The van der Waals surface area contributed by atoms with Crippen molar-refractivity contribution in [2.75, 3.05) is 99.9 Å². The smallest absolute Gasteiger partial charge is 0.303 e. The molecule has 11 N–H and O–H groups in total. The van der Waals surface area contributed by atoms with E-state index in [2.05, 4.69) is 53.2 Å². The van der Waals surface area contributed by atoms with Gasteiger partial charge in [-0.2, -0.15) is 0 Å². The molecule has 3 rings (SSSR count).